The Kier molecular flexibility index (Phi) is 3.39. The summed E-state index contributed by atoms with van der Waals surface area (Å²) in [5.74, 6) is 0.673. The van der Waals surface area contributed by atoms with Crippen LogP contribution in [0.25, 0.3) is 33.3 Å². The normalized spacial score (nSPS) is 10.9. The van der Waals surface area contributed by atoms with Gasteiger partial charge in [0.1, 0.15) is 11.4 Å². The number of benzene rings is 1. The highest BCUT2D eigenvalue weighted by atomic mass is 16.5. The van der Waals surface area contributed by atoms with Gasteiger partial charge in [0.25, 0.3) is 0 Å². The average Bonchev–Trinajstić information content (AvgIpc) is 3.05. The van der Waals surface area contributed by atoms with E-state index in [1.165, 1.54) is 0 Å². The summed E-state index contributed by atoms with van der Waals surface area (Å²) in [7, 11) is 1.61. The van der Waals surface area contributed by atoms with Crippen molar-refractivity contribution in [3.8, 4) is 28.0 Å². The molecule has 3 N–H and O–H groups in total. The van der Waals surface area contributed by atoms with Gasteiger partial charge < -0.3 is 15.5 Å². The van der Waals surface area contributed by atoms with Crippen molar-refractivity contribution in [3.63, 3.8) is 0 Å². The molecule has 0 fully saturated rings. The molecule has 0 atom stereocenters. The maximum Gasteiger partial charge on any atom is 0.141 e. The summed E-state index contributed by atoms with van der Waals surface area (Å²) in [5, 5.41) is 1.06. The van der Waals surface area contributed by atoms with E-state index in [1.807, 2.05) is 42.7 Å². The maximum atomic E-state index is 6.02. The van der Waals surface area contributed by atoms with Gasteiger partial charge in [0, 0.05) is 41.3 Å². The second-order valence-corrected chi connectivity index (χ2v) is 5.52. The first-order valence-corrected chi connectivity index (χ1v) is 7.57. The van der Waals surface area contributed by atoms with Crippen LogP contribution in [0.5, 0.6) is 5.75 Å². The summed E-state index contributed by atoms with van der Waals surface area (Å²) >= 11 is 0. The lowest BCUT2D eigenvalue weighted by atomic mass is 10.0. The van der Waals surface area contributed by atoms with E-state index in [0.717, 1.165) is 33.3 Å². The molecular formula is C19H16N4O. The number of anilines is 1. The fourth-order valence-electron chi connectivity index (χ4n) is 2.85. The fourth-order valence-corrected chi connectivity index (χ4v) is 2.85. The van der Waals surface area contributed by atoms with E-state index in [0.29, 0.717) is 11.4 Å². The first-order chi connectivity index (χ1) is 11.8. The molecule has 0 saturated heterocycles. The van der Waals surface area contributed by atoms with E-state index in [4.69, 9.17) is 10.5 Å². The Balaban J connectivity index is 1.85. The molecule has 4 rings (SSSR count). The molecule has 0 spiro atoms. The molecule has 24 heavy (non-hydrogen) atoms. The number of nitrogens with one attached hydrogen (secondary N) is 1. The molecular weight excluding hydrogens is 300 g/mol. The maximum absolute atomic E-state index is 6.02. The summed E-state index contributed by atoms with van der Waals surface area (Å²) < 4.78 is 5.22. The van der Waals surface area contributed by atoms with E-state index >= 15 is 0 Å². The number of aromatic nitrogens is 3. The first-order valence-electron chi connectivity index (χ1n) is 7.57. The average molecular weight is 316 g/mol. The third kappa shape index (κ3) is 2.36. The van der Waals surface area contributed by atoms with Crippen molar-refractivity contribution in [1.82, 2.24) is 15.0 Å². The lowest BCUT2D eigenvalue weighted by Crippen LogP contribution is -1.92. The van der Waals surface area contributed by atoms with E-state index in [-0.39, 0.29) is 0 Å². The van der Waals surface area contributed by atoms with Crippen molar-refractivity contribution in [2.24, 2.45) is 0 Å². The number of fused-ring (bicyclic) bond motifs is 1. The van der Waals surface area contributed by atoms with Gasteiger partial charge in [-0.15, -0.1) is 0 Å². The van der Waals surface area contributed by atoms with Gasteiger partial charge >= 0.3 is 0 Å². The predicted octanol–water partition coefficient (Wildman–Crippen LogP) is 3.88. The number of methoxy groups -OCH3 is 1. The molecule has 0 aliphatic rings. The van der Waals surface area contributed by atoms with E-state index < -0.39 is 0 Å². The standard InChI is InChI=1S/C19H16N4O/c1-24-18-3-2-13(9-17(18)20)14-8-15-16(11-23-19(15)22-10-14)12-4-6-21-7-5-12/h2-11H,20H2,1H3,(H,22,23). The number of rotatable bonds is 3. The Hall–Kier alpha value is -3.34. The van der Waals surface area contributed by atoms with Crippen molar-refractivity contribution < 1.29 is 4.74 Å². The number of aromatic amines is 1. The number of pyridine rings is 2. The molecule has 0 amide bonds. The van der Waals surface area contributed by atoms with Crippen molar-refractivity contribution in [2.75, 3.05) is 12.8 Å². The molecule has 4 aromatic rings. The fraction of sp³-hybridized carbons (Fsp3) is 0.0526. The minimum absolute atomic E-state index is 0.610. The van der Waals surface area contributed by atoms with Gasteiger partial charge in [-0.05, 0) is 41.5 Å². The van der Waals surface area contributed by atoms with Crippen molar-refractivity contribution >= 4 is 16.7 Å². The Morgan fingerprint density at radius 3 is 2.58 bits per heavy atom. The Bertz CT molecular complexity index is 1010. The number of nitrogen functional groups attached to an aromatic ring is 1. The van der Waals surface area contributed by atoms with Gasteiger partial charge in [0.15, 0.2) is 0 Å². The highest BCUT2D eigenvalue weighted by molar-refractivity contribution is 5.95. The van der Waals surface area contributed by atoms with Gasteiger partial charge in [0.2, 0.25) is 0 Å². The molecule has 0 unspecified atom stereocenters. The van der Waals surface area contributed by atoms with Crippen LogP contribution in [0.2, 0.25) is 0 Å². The summed E-state index contributed by atoms with van der Waals surface area (Å²) in [4.78, 5) is 11.8. The highest BCUT2D eigenvalue weighted by Gasteiger charge is 2.10. The van der Waals surface area contributed by atoms with Gasteiger partial charge in [0.05, 0.1) is 12.8 Å². The van der Waals surface area contributed by atoms with Crippen LogP contribution in [0.3, 0.4) is 0 Å². The summed E-state index contributed by atoms with van der Waals surface area (Å²) in [6, 6.07) is 11.9. The zero-order valence-corrected chi connectivity index (χ0v) is 13.2. The van der Waals surface area contributed by atoms with Gasteiger partial charge in [-0.25, -0.2) is 4.98 Å². The van der Waals surface area contributed by atoms with Crippen LogP contribution in [0.4, 0.5) is 5.69 Å². The van der Waals surface area contributed by atoms with Crippen molar-refractivity contribution in [1.29, 1.82) is 0 Å². The van der Waals surface area contributed by atoms with E-state index in [9.17, 15) is 0 Å². The quantitative estimate of drug-likeness (QED) is 0.562. The highest BCUT2D eigenvalue weighted by Crippen LogP contribution is 2.32. The third-order valence-corrected chi connectivity index (χ3v) is 4.09. The molecule has 5 heteroatoms. The molecule has 5 nitrogen and oxygen atoms in total. The predicted molar refractivity (Wildman–Crippen MR) is 95.7 cm³/mol. The number of ether oxygens (including phenoxy) is 1. The van der Waals surface area contributed by atoms with E-state index in [2.05, 4.69) is 21.0 Å². The largest absolute Gasteiger partial charge is 0.495 e. The molecule has 118 valence electrons. The molecule has 3 aromatic heterocycles. The molecule has 1 aromatic carbocycles. The second kappa shape index (κ2) is 5.70. The van der Waals surface area contributed by atoms with Crippen LogP contribution in [0.1, 0.15) is 0 Å². The van der Waals surface area contributed by atoms with Gasteiger partial charge in [-0.2, -0.15) is 0 Å². The number of hydrogen-bond acceptors (Lipinski definition) is 4. The monoisotopic (exact) mass is 316 g/mol. The SMILES string of the molecule is COc1ccc(-c2cnc3[nH]cc(-c4ccncc4)c3c2)cc1N. The van der Waals surface area contributed by atoms with E-state index in [1.54, 1.807) is 19.5 Å². The summed E-state index contributed by atoms with van der Waals surface area (Å²) in [6.07, 6.45) is 7.39. The lowest BCUT2D eigenvalue weighted by molar-refractivity contribution is 0.417. The number of nitrogens with two attached hydrogens (primary N) is 1. The Morgan fingerprint density at radius 2 is 1.83 bits per heavy atom. The third-order valence-electron chi connectivity index (χ3n) is 4.09. The number of hydrogen-bond donors (Lipinski definition) is 2. The van der Waals surface area contributed by atoms with Crippen LogP contribution in [-0.2, 0) is 0 Å². The molecule has 0 radical (unpaired) electrons. The smallest absolute Gasteiger partial charge is 0.141 e. The van der Waals surface area contributed by atoms with Crippen LogP contribution in [-0.4, -0.2) is 22.1 Å². The zero-order chi connectivity index (χ0) is 16.5. The van der Waals surface area contributed by atoms with Crippen LogP contribution < -0.4 is 10.5 Å². The minimum Gasteiger partial charge on any atom is -0.495 e. The number of nitrogens with zero attached hydrogens (tertiary/aromatic N) is 2. The minimum atomic E-state index is 0.610. The Morgan fingerprint density at radius 1 is 1.00 bits per heavy atom. The summed E-state index contributed by atoms with van der Waals surface area (Å²) in [5.41, 5.74) is 11.7. The molecule has 0 bridgehead atoms. The zero-order valence-electron chi connectivity index (χ0n) is 13.2. The number of H-pyrrole nitrogens is 1. The molecule has 0 saturated carbocycles. The lowest BCUT2D eigenvalue weighted by Gasteiger charge is -2.08. The summed E-state index contributed by atoms with van der Waals surface area (Å²) in [6.45, 7) is 0. The van der Waals surface area contributed by atoms with Gasteiger partial charge in [-0.1, -0.05) is 6.07 Å². The second-order valence-electron chi connectivity index (χ2n) is 5.52. The van der Waals surface area contributed by atoms with Crippen LogP contribution in [0.15, 0.2) is 61.2 Å². The van der Waals surface area contributed by atoms with Crippen LogP contribution >= 0.6 is 0 Å². The molecule has 0 aliphatic heterocycles. The van der Waals surface area contributed by atoms with Crippen molar-refractivity contribution in [3.05, 3.63) is 61.2 Å². The molecule has 3 heterocycles. The first kappa shape index (κ1) is 14.3. The van der Waals surface area contributed by atoms with Gasteiger partial charge in [-0.3, -0.25) is 4.98 Å². The van der Waals surface area contributed by atoms with Crippen LogP contribution in [0, 0.1) is 0 Å². The molecule has 0 aliphatic carbocycles. The topological polar surface area (TPSA) is 76.8 Å². The Labute approximate surface area is 139 Å². The van der Waals surface area contributed by atoms with Crippen molar-refractivity contribution in [2.45, 2.75) is 0 Å².